The van der Waals surface area contributed by atoms with Crippen LogP contribution in [0.2, 0.25) is 0 Å². The number of anilines is 1. The molecule has 0 radical (unpaired) electrons. The van der Waals surface area contributed by atoms with Crippen molar-refractivity contribution in [1.82, 2.24) is 4.98 Å². The summed E-state index contributed by atoms with van der Waals surface area (Å²) < 4.78 is 5.01. The molecule has 2 atom stereocenters. The fourth-order valence-corrected chi connectivity index (χ4v) is 8.01. The van der Waals surface area contributed by atoms with Crippen molar-refractivity contribution in [2.24, 2.45) is 5.92 Å². The highest BCUT2D eigenvalue weighted by molar-refractivity contribution is 8.00. The third kappa shape index (κ3) is 3.09. The Morgan fingerprint density at radius 1 is 1.13 bits per heavy atom. The first-order valence-corrected chi connectivity index (χ1v) is 12.2. The zero-order chi connectivity index (χ0) is 21.8. The van der Waals surface area contributed by atoms with Crippen LogP contribution in [0.5, 0.6) is 0 Å². The maximum absolute atomic E-state index is 13.7. The number of thioether (sulfide) groups is 1. The Morgan fingerprint density at radius 3 is 2.52 bits per heavy atom. The summed E-state index contributed by atoms with van der Waals surface area (Å²) in [4.78, 5) is 56.1. The van der Waals surface area contributed by atoms with E-state index in [1.807, 2.05) is 0 Å². The van der Waals surface area contributed by atoms with Gasteiger partial charge in [-0.1, -0.05) is 42.4 Å². The molecule has 0 bridgehead atoms. The van der Waals surface area contributed by atoms with Crippen LogP contribution in [0, 0.1) is 5.92 Å². The number of aromatic amines is 1. The summed E-state index contributed by atoms with van der Waals surface area (Å²) in [7, 11) is 0. The van der Waals surface area contributed by atoms with Crippen molar-refractivity contribution in [3.63, 3.8) is 0 Å². The van der Waals surface area contributed by atoms with Crippen LogP contribution >= 0.6 is 23.1 Å². The van der Waals surface area contributed by atoms with E-state index in [-0.39, 0.29) is 23.3 Å². The van der Waals surface area contributed by atoms with Crippen LogP contribution in [0.15, 0.2) is 34.1 Å². The highest BCUT2D eigenvalue weighted by Gasteiger charge is 2.62. The lowest BCUT2D eigenvalue weighted by atomic mass is 9.64. The summed E-state index contributed by atoms with van der Waals surface area (Å²) in [5.41, 5.74) is 0.375. The summed E-state index contributed by atoms with van der Waals surface area (Å²) in [6.45, 7) is 2.01. The number of nitrogens with one attached hydrogen (secondary N) is 1. The van der Waals surface area contributed by atoms with Gasteiger partial charge in [0.15, 0.2) is 0 Å². The Bertz CT molecular complexity index is 1110. The van der Waals surface area contributed by atoms with Gasteiger partial charge in [-0.2, -0.15) is 0 Å². The number of thiazole rings is 1. The molecule has 2 aromatic rings. The van der Waals surface area contributed by atoms with E-state index in [4.69, 9.17) is 4.74 Å². The number of rotatable bonds is 3. The lowest BCUT2D eigenvalue weighted by Gasteiger charge is -2.44. The molecule has 5 rings (SSSR count). The molecule has 2 fully saturated rings. The van der Waals surface area contributed by atoms with Crippen molar-refractivity contribution < 1.29 is 19.1 Å². The quantitative estimate of drug-likeness (QED) is 0.559. The first-order chi connectivity index (χ1) is 15.0. The van der Waals surface area contributed by atoms with E-state index in [9.17, 15) is 19.2 Å². The van der Waals surface area contributed by atoms with Crippen LogP contribution in [0.1, 0.15) is 54.3 Å². The molecule has 162 valence electrons. The van der Waals surface area contributed by atoms with Gasteiger partial charge in [0.2, 0.25) is 11.8 Å². The average molecular weight is 459 g/mol. The normalized spacial score (nSPS) is 24.2. The van der Waals surface area contributed by atoms with Gasteiger partial charge >= 0.3 is 10.8 Å². The first-order valence-electron chi connectivity index (χ1n) is 10.5. The van der Waals surface area contributed by atoms with E-state index in [2.05, 4.69) is 4.98 Å². The van der Waals surface area contributed by atoms with Crippen molar-refractivity contribution in [2.45, 2.75) is 54.7 Å². The minimum Gasteiger partial charge on any atom is -0.462 e. The maximum Gasteiger partial charge on any atom is 0.338 e. The zero-order valence-electron chi connectivity index (χ0n) is 17.0. The number of hydrogen-bond acceptors (Lipinski definition) is 7. The Balaban J connectivity index is 1.53. The third-order valence-electron chi connectivity index (χ3n) is 6.54. The number of hydrogen-bond donors (Lipinski definition) is 1. The fourth-order valence-electron chi connectivity index (χ4n) is 5.22. The predicted octanol–water partition coefficient (Wildman–Crippen LogP) is 3.48. The van der Waals surface area contributed by atoms with Gasteiger partial charge in [0.25, 0.3) is 0 Å². The lowest BCUT2D eigenvalue weighted by Crippen LogP contribution is -2.46. The molecule has 2 amide bonds. The number of imide groups is 1. The van der Waals surface area contributed by atoms with Crippen molar-refractivity contribution in [1.29, 1.82) is 0 Å². The number of amides is 2. The molecular weight excluding hydrogens is 436 g/mol. The van der Waals surface area contributed by atoms with E-state index >= 15 is 0 Å². The van der Waals surface area contributed by atoms with E-state index in [0.29, 0.717) is 11.3 Å². The molecule has 1 aliphatic carbocycles. The molecule has 1 saturated carbocycles. The lowest BCUT2D eigenvalue weighted by molar-refractivity contribution is -0.123. The number of ether oxygens (including phenoxy) is 1. The van der Waals surface area contributed by atoms with E-state index in [1.54, 1.807) is 31.2 Å². The highest BCUT2D eigenvalue weighted by atomic mass is 32.2. The number of H-pyrrole nitrogens is 1. The van der Waals surface area contributed by atoms with Crippen LogP contribution in [-0.2, 0) is 19.7 Å². The number of carbonyl (C=O) groups excluding carboxylic acids is 3. The Kier molecular flexibility index (Phi) is 5.05. The molecule has 9 heteroatoms. The zero-order valence-corrected chi connectivity index (χ0v) is 18.6. The van der Waals surface area contributed by atoms with E-state index in [0.717, 1.165) is 42.0 Å². The molecule has 1 saturated heterocycles. The predicted molar refractivity (Wildman–Crippen MR) is 118 cm³/mol. The van der Waals surface area contributed by atoms with Crippen molar-refractivity contribution in [3.05, 3.63) is 44.4 Å². The molecule has 1 N–H and O–H groups in total. The fraction of sp³-hybridized carbons (Fsp3) is 0.455. The summed E-state index contributed by atoms with van der Waals surface area (Å²) in [6.07, 6.45) is 4.68. The van der Waals surface area contributed by atoms with Crippen LogP contribution in [0.3, 0.4) is 0 Å². The maximum atomic E-state index is 13.7. The van der Waals surface area contributed by atoms with Gasteiger partial charge in [-0.05, 0) is 44.0 Å². The summed E-state index contributed by atoms with van der Waals surface area (Å²) in [5, 5.41) is 0.201. The van der Waals surface area contributed by atoms with Crippen molar-refractivity contribution in [2.75, 3.05) is 11.5 Å². The van der Waals surface area contributed by atoms with Gasteiger partial charge in [0.1, 0.15) is 5.25 Å². The van der Waals surface area contributed by atoms with Gasteiger partial charge < -0.3 is 9.72 Å². The average Bonchev–Trinajstić information content (AvgIpc) is 3.27. The van der Waals surface area contributed by atoms with Crippen molar-refractivity contribution >= 4 is 46.6 Å². The molecule has 1 spiro atoms. The molecule has 1 aromatic carbocycles. The minimum atomic E-state index is -0.548. The van der Waals surface area contributed by atoms with E-state index < -0.39 is 22.6 Å². The molecule has 7 nitrogen and oxygen atoms in total. The molecular formula is C22H22N2O5S2. The third-order valence-corrected chi connectivity index (χ3v) is 9.05. The molecule has 1 aromatic heterocycles. The standard InChI is InChI=1S/C22H22N2O5S2/c1-2-29-20(27)12-6-8-13(9-7-12)24-18(25)14-15(19(24)26)30-17-16(31-21(28)23-17)22(14)10-4-3-5-11-22/h6-9,14-15H,2-5,10-11H2,1H3,(H,23,28)/t14-,15+/m0/s1. The smallest absolute Gasteiger partial charge is 0.338 e. The Morgan fingerprint density at radius 2 is 1.84 bits per heavy atom. The Hall–Kier alpha value is -2.39. The number of aromatic nitrogens is 1. The number of nitrogens with zero attached hydrogens (tertiary/aromatic N) is 1. The molecule has 31 heavy (non-hydrogen) atoms. The van der Waals surface area contributed by atoms with Gasteiger partial charge in [0, 0.05) is 10.3 Å². The molecule has 3 heterocycles. The summed E-state index contributed by atoms with van der Waals surface area (Å²) >= 11 is 2.50. The summed E-state index contributed by atoms with van der Waals surface area (Å²) in [6, 6.07) is 6.39. The van der Waals surface area contributed by atoms with Crippen LogP contribution in [0.25, 0.3) is 0 Å². The van der Waals surface area contributed by atoms with Gasteiger partial charge in [0.05, 0.1) is 28.8 Å². The van der Waals surface area contributed by atoms with Crippen molar-refractivity contribution in [3.8, 4) is 0 Å². The molecule has 2 aliphatic heterocycles. The van der Waals surface area contributed by atoms with Crippen LogP contribution < -0.4 is 9.77 Å². The highest BCUT2D eigenvalue weighted by Crippen LogP contribution is 2.59. The number of benzene rings is 1. The second kappa shape index (κ2) is 7.63. The van der Waals surface area contributed by atoms with Crippen LogP contribution in [-0.4, -0.2) is 34.6 Å². The number of esters is 1. The second-order valence-electron chi connectivity index (χ2n) is 8.18. The topological polar surface area (TPSA) is 96.5 Å². The SMILES string of the molecule is CCOC(=O)c1ccc(N2C(=O)[C@@H]3[C@@H](Sc4[nH]c(=O)sc4C34CCCCC4)C2=O)cc1. The Labute approximate surface area is 187 Å². The van der Waals surface area contributed by atoms with Gasteiger partial charge in [-0.3, -0.25) is 14.4 Å². The van der Waals surface area contributed by atoms with Crippen LogP contribution in [0.4, 0.5) is 5.69 Å². The first kappa shape index (κ1) is 20.5. The van der Waals surface area contributed by atoms with E-state index in [1.165, 1.54) is 28.0 Å². The largest absolute Gasteiger partial charge is 0.462 e. The summed E-state index contributed by atoms with van der Waals surface area (Å²) in [5.74, 6) is -1.38. The molecule has 0 unspecified atom stereocenters. The van der Waals surface area contributed by atoms with Gasteiger partial charge in [-0.15, -0.1) is 0 Å². The second-order valence-corrected chi connectivity index (χ2v) is 10.3. The molecule has 3 aliphatic rings. The number of fused-ring (bicyclic) bond motifs is 4. The van der Waals surface area contributed by atoms with Gasteiger partial charge in [-0.25, -0.2) is 9.69 Å². The number of carbonyl (C=O) groups is 3. The monoisotopic (exact) mass is 458 g/mol. The minimum absolute atomic E-state index is 0.131.